The fraction of sp³-hybridized carbons (Fsp3) is 0.875. The summed E-state index contributed by atoms with van der Waals surface area (Å²) in [5.41, 5.74) is 5.56. The minimum Gasteiger partial charge on any atom is -0.465 e. The van der Waals surface area contributed by atoms with Gasteiger partial charge in [-0.25, -0.2) is 0 Å². The maximum atomic E-state index is 11.0. The monoisotopic (exact) mass is 191 g/mol. The first kappa shape index (κ1) is 11.8. The van der Waals surface area contributed by atoms with Crippen molar-refractivity contribution in [2.45, 2.75) is 32.1 Å². The highest BCUT2D eigenvalue weighted by Crippen LogP contribution is 2.09. The molecule has 0 amide bonds. The number of hydrogen-bond donors (Lipinski definition) is 1. The second-order valence-electron chi connectivity index (χ2n) is 2.74. The molecular formula is C8H17NO2S. The van der Waals surface area contributed by atoms with E-state index in [0.29, 0.717) is 17.6 Å². The van der Waals surface area contributed by atoms with E-state index in [1.54, 1.807) is 18.7 Å². The van der Waals surface area contributed by atoms with Gasteiger partial charge < -0.3 is 10.5 Å². The van der Waals surface area contributed by atoms with Crippen molar-refractivity contribution in [3.8, 4) is 0 Å². The Morgan fingerprint density at radius 1 is 1.58 bits per heavy atom. The predicted molar refractivity (Wildman–Crippen MR) is 52.2 cm³/mol. The highest BCUT2D eigenvalue weighted by Gasteiger charge is 2.14. The normalized spacial score (nSPS) is 13.1. The molecule has 0 spiro atoms. The maximum absolute atomic E-state index is 11.0. The molecule has 2 N–H and O–H groups in total. The molecule has 4 heteroatoms. The van der Waals surface area contributed by atoms with Crippen LogP contribution in [0.15, 0.2) is 0 Å². The van der Waals surface area contributed by atoms with Crippen LogP contribution in [0, 0.1) is 0 Å². The average Bonchev–Trinajstić information content (AvgIpc) is 2.00. The Morgan fingerprint density at radius 3 is 2.58 bits per heavy atom. The molecule has 1 unspecified atom stereocenters. The van der Waals surface area contributed by atoms with E-state index in [4.69, 9.17) is 10.5 Å². The summed E-state index contributed by atoms with van der Waals surface area (Å²) in [4.78, 5) is 11.0. The molecule has 0 radical (unpaired) electrons. The Hall–Kier alpha value is -0.220. The van der Waals surface area contributed by atoms with E-state index in [9.17, 15) is 4.79 Å². The van der Waals surface area contributed by atoms with Gasteiger partial charge >= 0.3 is 5.97 Å². The van der Waals surface area contributed by atoms with Crippen molar-refractivity contribution in [2.75, 3.05) is 12.4 Å². The van der Waals surface area contributed by atoms with Gasteiger partial charge in [0.25, 0.3) is 0 Å². The molecule has 12 heavy (non-hydrogen) atoms. The van der Waals surface area contributed by atoms with Crippen LogP contribution >= 0.6 is 11.8 Å². The van der Waals surface area contributed by atoms with Crippen molar-refractivity contribution in [3.63, 3.8) is 0 Å². The van der Waals surface area contributed by atoms with Crippen molar-refractivity contribution >= 4 is 17.7 Å². The third kappa shape index (κ3) is 5.43. The van der Waals surface area contributed by atoms with E-state index in [2.05, 4.69) is 13.8 Å². The van der Waals surface area contributed by atoms with Crippen molar-refractivity contribution in [3.05, 3.63) is 0 Å². The van der Waals surface area contributed by atoms with E-state index in [0.717, 1.165) is 0 Å². The Labute approximate surface area is 78.0 Å². The quantitative estimate of drug-likeness (QED) is 0.659. The highest BCUT2D eigenvalue weighted by molar-refractivity contribution is 7.99. The SMILES string of the molecule is CCOC(=O)C(N)CSC(C)C. The standard InChI is InChI=1S/C8H17NO2S/c1-4-11-8(10)7(9)5-12-6(2)3/h6-7H,4-5,9H2,1-3H3. The van der Waals surface area contributed by atoms with Crippen LogP contribution < -0.4 is 5.73 Å². The molecule has 0 heterocycles. The van der Waals surface area contributed by atoms with Gasteiger partial charge in [0.05, 0.1) is 6.61 Å². The number of nitrogens with two attached hydrogens (primary N) is 1. The van der Waals surface area contributed by atoms with Crippen LogP contribution in [0.2, 0.25) is 0 Å². The maximum Gasteiger partial charge on any atom is 0.323 e. The molecule has 0 aromatic rings. The first-order valence-corrected chi connectivity index (χ1v) is 5.16. The second kappa shape index (κ2) is 6.31. The van der Waals surface area contributed by atoms with E-state index in [1.807, 2.05) is 0 Å². The van der Waals surface area contributed by atoms with Crippen molar-refractivity contribution in [1.29, 1.82) is 0 Å². The summed E-state index contributed by atoms with van der Waals surface area (Å²) in [6.45, 7) is 6.32. The first-order valence-electron chi connectivity index (χ1n) is 4.11. The van der Waals surface area contributed by atoms with Crippen molar-refractivity contribution in [2.24, 2.45) is 5.73 Å². The predicted octanol–water partition coefficient (Wildman–Crippen LogP) is 1.02. The molecule has 72 valence electrons. The molecule has 0 aromatic heterocycles. The summed E-state index contributed by atoms with van der Waals surface area (Å²) in [6.07, 6.45) is 0. The van der Waals surface area contributed by atoms with Gasteiger partial charge in [-0.1, -0.05) is 13.8 Å². The zero-order valence-electron chi connectivity index (χ0n) is 7.87. The molecule has 0 fully saturated rings. The lowest BCUT2D eigenvalue weighted by Crippen LogP contribution is -2.34. The van der Waals surface area contributed by atoms with E-state index in [-0.39, 0.29) is 5.97 Å². The third-order valence-corrected chi connectivity index (χ3v) is 2.42. The average molecular weight is 191 g/mol. The lowest BCUT2D eigenvalue weighted by Gasteiger charge is -2.11. The van der Waals surface area contributed by atoms with Crippen LogP contribution in [-0.4, -0.2) is 29.6 Å². The van der Waals surface area contributed by atoms with Crippen LogP contribution in [0.3, 0.4) is 0 Å². The van der Waals surface area contributed by atoms with Gasteiger partial charge in [0.2, 0.25) is 0 Å². The topological polar surface area (TPSA) is 52.3 Å². The molecular weight excluding hydrogens is 174 g/mol. The van der Waals surface area contributed by atoms with Crippen LogP contribution in [0.1, 0.15) is 20.8 Å². The van der Waals surface area contributed by atoms with Gasteiger partial charge in [0.1, 0.15) is 6.04 Å². The number of carbonyl (C=O) groups is 1. The zero-order chi connectivity index (χ0) is 9.56. The minimum atomic E-state index is -0.475. The van der Waals surface area contributed by atoms with Crippen LogP contribution in [0.5, 0.6) is 0 Å². The first-order chi connectivity index (χ1) is 5.57. The largest absolute Gasteiger partial charge is 0.465 e. The summed E-state index contributed by atoms with van der Waals surface area (Å²) in [5.74, 6) is 0.335. The van der Waals surface area contributed by atoms with Gasteiger partial charge in [0.15, 0.2) is 0 Å². The van der Waals surface area contributed by atoms with Crippen molar-refractivity contribution < 1.29 is 9.53 Å². The summed E-state index contributed by atoms with van der Waals surface area (Å²) in [5, 5.41) is 0.505. The fourth-order valence-corrected chi connectivity index (χ4v) is 1.34. The Balaban J connectivity index is 3.56. The van der Waals surface area contributed by atoms with Gasteiger partial charge in [-0.05, 0) is 12.2 Å². The molecule has 0 aliphatic carbocycles. The molecule has 0 saturated carbocycles. The summed E-state index contributed by atoms with van der Waals surface area (Å²) in [7, 11) is 0. The van der Waals surface area contributed by atoms with Gasteiger partial charge in [-0.3, -0.25) is 4.79 Å². The number of carbonyl (C=O) groups excluding carboxylic acids is 1. The molecule has 0 aliphatic heterocycles. The lowest BCUT2D eigenvalue weighted by atomic mass is 10.4. The van der Waals surface area contributed by atoms with Gasteiger partial charge in [-0.2, -0.15) is 11.8 Å². The Kier molecular flexibility index (Phi) is 6.20. The summed E-state index contributed by atoms with van der Waals surface area (Å²) < 4.78 is 4.76. The molecule has 0 bridgehead atoms. The van der Waals surface area contributed by atoms with Gasteiger partial charge in [-0.15, -0.1) is 0 Å². The lowest BCUT2D eigenvalue weighted by molar-refractivity contribution is -0.144. The summed E-state index contributed by atoms with van der Waals surface area (Å²) in [6, 6.07) is -0.475. The molecule has 0 rings (SSSR count). The van der Waals surface area contributed by atoms with E-state index < -0.39 is 6.04 Å². The number of rotatable bonds is 5. The third-order valence-electron chi connectivity index (χ3n) is 1.20. The zero-order valence-corrected chi connectivity index (χ0v) is 8.69. The molecule has 0 aromatic carbocycles. The number of esters is 1. The summed E-state index contributed by atoms with van der Waals surface area (Å²) >= 11 is 1.67. The molecule has 0 saturated heterocycles. The highest BCUT2D eigenvalue weighted by atomic mass is 32.2. The molecule has 3 nitrogen and oxygen atoms in total. The second-order valence-corrected chi connectivity index (χ2v) is 4.35. The smallest absolute Gasteiger partial charge is 0.323 e. The number of ether oxygens (including phenoxy) is 1. The number of thioether (sulfide) groups is 1. The Bertz CT molecular complexity index is 139. The molecule has 1 atom stereocenters. The van der Waals surface area contributed by atoms with E-state index >= 15 is 0 Å². The van der Waals surface area contributed by atoms with E-state index in [1.165, 1.54) is 0 Å². The minimum absolute atomic E-state index is 0.300. The Morgan fingerprint density at radius 2 is 2.17 bits per heavy atom. The van der Waals surface area contributed by atoms with Crippen molar-refractivity contribution in [1.82, 2.24) is 0 Å². The fourth-order valence-electron chi connectivity index (χ4n) is 0.613. The van der Waals surface area contributed by atoms with Gasteiger partial charge in [0, 0.05) is 5.75 Å². The van der Waals surface area contributed by atoms with Crippen LogP contribution in [-0.2, 0) is 9.53 Å². The van der Waals surface area contributed by atoms with Crippen LogP contribution in [0.4, 0.5) is 0 Å². The van der Waals surface area contributed by atoms with Crippen LogP contribution in [0.25, 0.3) is 0 Å². The molecule has 0 aliphatic rings. The number of hydrogen-bond acceptors (Lipinski definition) is 4.